The van der Waals surface area contributed by atoms with E-state index in [0.717, 1.165) is 5.69 Å². The van der Waals surface area contributed by atoms with Crippen LogP contribution in [0.3, 0.4) is 0 Å². The van der Waals surface area contributed by atoms with Crippen molar-refractivity contribution in [2.24, 2.45) is 0 Å². The molecule has 0 spiro atoms. The quantitative estimate of drug-likeness (QED) is 0.586. The lowest BCUT2D eigenvalue weighted by Crippen LogP contribution is -2.35. The monoisotopic (exact) mass is 210 g/mol. The van der Waals surface area contributed by atoms with Gasteiger partial charge in [-0.25, -0.2) is 0 Å². The Balaban J connectivity index is 0.000000921. The van der Waals surface area contributed by atoms with Crippen LogP contribution in [0.4, 0.5) is 0 Å². The van der Waals surface area contributed by atoms with Crippen molar-refractivity contribution in [2.75, 3.05) is 0 Å². The zero-order valence-corrected chi connectivity index (χ0v) is 10.8. The summed E-state index contributed by atoms with van der Waals surface area (Å²) in [5.41, 5.74) is 2.24. The normalized spacial score (nSPS) is 10.1. The van der Waals surface area contributed by atoms with E-state index in [1.54, 1.807) is 6.20 Å². The van der Waals surface area contributed by atoms with Crippen LogP contribution in [0.15, 0.2) is 18.3 Å². The zero-order valence-electron chi connectivity index (χ0n) is 10.8. The van der Waals surface area contributed by atoms with Gasteiger partial charge in [0.1, 0.15) is 0 Å². The minimum atomic E-state index is 0.351. The molecule has 0 aliphatic rings. The summed E-state index contributed by atoms with van der Waals surface area (Å²) < 4.78 is 1.20. The van der Waals surface area contributed by atoms with Crippen LogP contribution < -0.4 is 4.73 Å². The van der Waals surface area contributed by atoms with Crippen LogP contribution in [-0.4, -0.2) is 5.21 Å². The van der Waals surface area contributed by atoms with Gasteiger partial charge in [-0.15, -0.1) is 0 Å². The molecule has 1 heterocycles. The molecule has 0 radical (unpaired) electrons. The molecule has 1 rings (SSSR count). The average Bonchev–Trinajstić information content (AvgIpc) is 2.20. The fourth-order valence-corrected chi connectivity index (χ4v) is 1.32. The van der Waals surface area contributed by atoms with Gasteiger partial charge in [-0.3, -0.25) is 5.21 Å². The number of aromatic nitrogens is 1. The minimum Gasteiger partial charge on any atom is -0.285 e. The second kappa shape index (κ2) is 6.44. The van der Waals surface area contributed by atoms with Gasteiger partial charge >= 0.3 is 0 Å². The SMILES string of the molecule is CC.CC(C)c1cc[n+](O)c(C(C)C)c1. The highest BCUT2D eigenvalue weighted by molar-refractivity contribution is 5.17. The van der Waals surface area contributed by atoms with Crippen molar-refractivity contribution in [1.29, 1.82) is 0 Å². The Bertz CT molecular complexity index is 293. The molecule has 0 unspecified atom stereocenters. The molecule has 0 saturated heterocycles. The van der Waals surface area contributed by atoms with E-state index in [9.17, 15) is 5.21 Å². The van der Waals surface area contributed by atoms with Gasteiger partial charge in [0.05, 0.1) is 0 Å². The third kappa shape index (κ3) is 3.90. The molecule has 1 aromatic rings. The van der Waals surface area contributed by atoms with Crippen molar-refractivity contribution in [3.63, 3.8) is 0 Å². The fraction of sp³-hybridized carbons (Fsp3) is 0.615. The van der Waals surface area contributed by atoms with Crippen LogP contribution in [-0.2, 0) is 0 Å². The molecule has 2 nitrogen and oxygen atoms in total. The summed E-state index contributed by atoms with van der Waals surface area (Å²) in [6.45, 7) is 12.5. The van der Waals surface area contributed by atoms with Gasteiger partial charge in [0.25, 0.3) is 0 Å². The first-order valence-electron chi connectivity index (χ1n) is 5.77. The molecule has 0 aromatic carbocycles. The molecule has 0 aliphatic carbocycles. The standard InChI is InChI=1S/C11H18NO.C2H6/c1-8(2)10-5-6-12(13)11(7-10)9(3)4;1-2/h5-9,13H,1-4H3;1-2H3/q+1;. The van der Waals surface area contributed by atoms with E-state index in [4.69, 9.17) is 0 Å². The molecule has 0 atom stereocenters. The fourth-order valence-electron chi connectivity index (χ4n) is 1.32. The first-order valence-corrected chi connectivity index (χ1v) is 5.77. The van der Waals surface area contributed by atoms with Crippen LogP contribution in [0.1, 0.15) is 64.6 Å². The van der Waals surface area contributed by atoms with Gasteiger partial charge in [0.15, 0.2) is 0 Å². The summed E-state index contributed by atoms with van der Waals surface area (Å²) in [6, 6.07) is 4.02. The number of hydrogen-bond acceptors (Lipinski definition) is 1. The van der Waals surface area contributed by atoms with Gasteiger partial charge in [-0.2, -0.15) is 0 Å². The first-order chi connectivity index (χ1) is 7.02. The van der Waals surface area contributed by atoms with Crippen LogP contribution in [0.5, 0.6) is 0 Å². The molecule has 0 amide bonds. The largest absolute Gasteiger partial charge is 0.285 e. The zero-order chi connectivity index (χ0) is 12.0. The second-order valence-corrected chi connectivity index (χ2v) is 4.04. The predicted octanol–water partition coefficient (Wildman–Crippen LogP) is 3.48. The van der Waals surface area contributed by atoms with Crippen LogP contribution >= 0.6 is 0 Å². The average molecular weight is 210 g/mol. The third-order valence-corrected chi connectivity index (χ3v) is 2.25. The maximum atomic E-state index is 9.50. The Morgan fingerprint density at radius 3 is 2.00 bits per heavy atom. The molecule has 0 aliphatic heterocycles. The predicted molar refractivity (Wildman–Crippen MR) is 63.3 cm³/mol. The van der Waals surface area contributed by atoms with E-state index in [1.165, 1.54) is 10.3 Å². The summed E-state index contributed by atoms with van der Waals surface area (Å²) in [7, 11) is 0. The highest BCUT2D eigenvalue weighted by atomic mass is 16.5. The van der Waals surface area contributed by atoms with Gasteiger partial charge in [0.2, 0.25) is 11.9 Å². The third-order valence-electron chi connectivity index (χ3n) is 2.25. The van der Waals surface area contributed by atoms with Gasteiger partial charge in [0, 0.05) is 22.8 Å². The lowest BCUT2D eigenvalue weighted by molar-refractivity contribution is -0.910. The number of hydrogen-bond donors (Lipinski definition) is 1. The van der Waals surface area contributed by atoms with E-state index in [0.29, 0.717) is 11.8 Å². The lowest BCUT2D eigenvalue weighted by atomic mass is 10.0. The molecule has 0 bridgehead atoms. The van der Waals surface area contributed by atoms with Crippen molar-refractivity contribution >= 4 is 0 Å². The maximum Gasteiger partial charge on any atom is 0.236 e. The smallest absolute Gasteiger partial charge is 0.236 e. The Labute approximate surface area is 93.5 Å². The van der Waals surface area contributed by atoms with E-state index in [1.807, 2.05) is 19.9 Å². The maximum absolute atomic E-state index is 9.50. The van der Waals surface area contributed by atoms with E-state index in [2.05, 4.69) is 33.8 Å². The van der Waals surface area contributed by atoms with Gasteiger partial charge in [-0.1, -0.05) is 41.5 Å². The van der Waals surface area contributed by atoms with E-state index in [-0.39, 0.29) is 0 Å². The van der Waals surface area contributed by atoms with E-state index < -0.39 is 0 Å². The van der Waals surface area contributed by atoms with Crippen LogP contribution in [0.25, 0.3) is 0 Å². The molecule has 0 saturated carbocycles. The summed E-state index contributed by atoms with van der Waals surface area (Å²) in [5.74, 6) is 0.863. The highest BCUT2D eigenvalue weighted by Gasteiger charge is 2.15. The Morgan fingerprint density at radius 2 is 1.60 bits per heavy atom. The molecular formula is C13H24NO+. The molecule has 86 valence electrons. The number of rotatable bonds is 2. The summed E-state index contributed by atoms with van der Waals surface area (Å²) in [6.07, 6.45) is 1.71. The Hall–Kier alpha value is -1.05. The topological polar surface area (TPSA) is 24.1 Å². The molecule has 1 N–H and O–H groups in total. The van der Waals surface area contributed by atoms with Gasteiger partial charge < -0.3 is 0 Å². The molecule has 15 heavy (non-hydrogen) atoms. The van der Waals surface area contributed by atoms with E-state index >= 15 is 0 Å². The van der Waals surface area contributed by atoms with Gasteiger partial charge in [-0.05, 0) is 11.5 Å². The highest BCUT2D eigenvalue weighted by Crippen LogP contribution is 2.17. The molecule has 0 fully saturated rings. The van der Waals surface area contributed by atoms with Crippen molar-refractivity contribution in [2.45, 2.75) is 53.4 Å². The summed E-state index contributed by atoms with van der Waals surface area (Å²) in [4.78, 5) is 0. The Morgan fingerprint density at radius 1 is 1.07 bits per heavy atom. The summed E-state index contributed by atoms with van der Waals surface area (Å²) >= 11 is 0. The van der Waals surface area contributed by atoms with Crippen molar-refractivity contribution in [3.8, 4) is 0 Å². The first kappa shape index (κ1) is 13.9. The minimum absolute atomic E-state index is 0.351. The van der Waals surface area contributed by atoms with Crippen molar-refractivity contribution < 1.29 is 9.94 Å². The molecular weight excluding hydrogens is 186 g/mol. The van der Waals surface area contributed by atoms with Crippen molar-refractivity contribution in [3.05, 3.63) is 29.6 Å². The van der Waals surface area contributed by atoms with Crippen molar-refractivity contribution in [1.82, 2.24) is 0 Å². The second-order valence-electron chi connectivity index (χ2n) is 4.04. The number of pyridine rings is 1. The number of nitrogens with zero attached hydrogens (tertiary/aromatic N) is 1. The molecule has 1 aromatic heterocycles. The van der Waals surface area contributed by atoms with Crippen LogP contribution in [0.2, 0.25) is 0 Å². The molecule has 2 heteroatoms. The lowest BCUT2D eigenvalue weighted by Gasteiger charge is -2.06. The Kier molecular flexibility index (Phi) is 5.99. The van der Waals surface area contributed by atoms with Crippen LogP contribution in [0, 0.1) is 0 Å². The summed E-state index contributed by atoms with van der Waals surface area (Å²) in [5, 5.41) is 9.50.